The molecule has 2 amide bonds. The molecular formula is C38H49N5O9. The Bertz CT molecular complexity index is 1720. The second-order valence-corrected chi connectivity index (χ2v) is 12.5. The molecule has 0 radical (unpaired) electrons. The van der Waals surface area contributed by atoms with Crippen molar-refractivity contribution in [2.24, 2.45) is 10.7 Å². The third-order valence-electron chi connectivity index (χ3n) is 8.98. The van der Waals surface area contributed by atoms with E-state index in [9.17, 15) is 14.7 Å². The number of hydrogen-bond acceptors (Lipinski definition) is 11. The van der Waals surface area contributed by atoms with Crippen LogP contribution in [0.4, 0.5) is 11.4 Å². The first kappa shape index (κ1) is 39.4. The average molecular weight is 720 g/mol. The van der Waals surface area contributed by atoms with Crippen LogP contribution in [0.1, 0.15) is 66.7 Å². The quantitative estimate of drug-likeness (QED) is 0.155. The number of aliphatic imine (C=N–C) groups is 1. The highest BCUT2D eigenvalue weighted by atomic mass is 16.5. The van der Waals surface area contributed by atoms with Crippen LogP contribution < -0.4 is 29.6 Å². The van der Waals surface area contributed by atoms with E-state index in [1.54, 1.807) is 59.3 Å². The molecule has 2 aromatic carbocycles. The van der Waals surface area contributed by atoms with Gasteiger partial charge < -0.3 is 49.6 Å². The number of carbonyl (C=O) groups excluding carboxylic acids is 2. The van der Waals surface area contributed by atoms with E-state index >= 15 is 0 Å². The Kier molecular flexibility index (Phi) is 13.8. The fourth-order valence-electron chi connectivity index (χ4n) is 6.64. The fourth-order valence-corrected chi connectivity index (χ4v) is 6.64. The minimum atomic E-state index is -0.905. The molecule has 0 fully saturated rings. The molecule has 0 spiro atoms. The Morgan fingerprint density at radius 1 is 0.865 bits per heavy atom. The van der Waals surface area contributed by atoms with E-state index in [0.717, 1.165) is 36.8 Å². The van der Waals surface area contributed by atoms with E-state index in [0.29, 0.717) is 71.7 Å². The van der Waals surface area contributed by atoms with Crippen molar-refractivity contribution in [1.82, 2.24) is 9.80 Å². The minimum absolute atomic E-state index is 0.0714. The van der Waals surface area contributed by atoms with Crippen molar-refractivity contribution in [1.29, 1.82) is 0 Å². The summed E-state index contributed by atoms with van der Waals surface area (Å²) in [4.78, 5) is 44.9. The smallest absolute Gasteiger partial charge is 0.290 e. The lowest BCUT2D eigenvalue weighted by atomic mass is 10.1. The highest BCUT2D eigenvalue weighted by Gasteiger charge is 2.42. The normalized spacial score (nSPS) is 19.5. The maximum absolute atomic E-state index is 13.6. The van der Waals surface area contributed by atoms with Gasteiger partial charge >= 0.3 is 0 Å². The summed E-state index contributed by atoms with van der Waals surface area (Å²) in [5.74, 6) is 1.71. The number of nitrogens with two attached hydrogens (primary N) is 1. The summed E-state index contributed by atoms with van der Waals surface area (Å²) in [6.45, 7) is 8.83. The van der Waals surface area contributed by atoms with E-state index in [-0.39, 0.29) is 30.4 Å². The Balaban J connectivity index is 0.00000115. The average Bonchev–Trinajstić information content (AvgIpc) is 3.69. The molecule has 280 valence electrons. The largest absolute Gasteiger partial charge is 0.493 e. The van der Waals surface area contributed by atoms with Crippen molar-refractivity contribution in [3.05, 3.63) is 71.6 Å². The molecule has 0 aliphatic carbocycles. The number of fused-ring (bicyclic) bond motifs is 4. The van der Waals surface area contributed by atoms with Gasteiger partial charge in [-0.3, -0.25) is 19.4 Å². The van der Waals surface area contributed by atoms with Gasteiger partial charge in [0.05, 0.1) is 62.0 Å². The number of anilines is 1. The maximum atomic E-state index is 13.6. The SMILES string of the molecule is C=CCN1c2cc(OCCCCCOc3cc4c(cc3OC)C(=O)N3C=C(C)CC3C=N4)c(OC)cc2C(=O)N2C=C(C)CC2C1O.CN.O=CO. The number of nitrogens with zero attached hydrogens (tertiary/aromatic N) is 4. The van der Waals surface area contributed by atoms with Crippen LogP contribution in [0.25, 0.3) is 0 Å². The number of amides is 2. The molecule has 4 aliphatic rings. The summed E-state index contributed by atoms with van der Waals surface area (Å²) < 4.78 is 23.4. The zero-order valence-electron chi connectivity index (χ0n) is 30.4. The van der Waals surface area contributed by atoms with E-state index in [1.807, 2.05) is 32.5 Å². The lowest BCUT2D eigenvalue weighted by molar-refractivity contribution is -0.122. The van der Waals surface area contributed by atoms with Gasteiger partial charge in [0, 0.05) is 37.3 Å². The molecule has 4 N–H and O–H groups in total. The van der Waals surface area contributed by atoms with Crippen LogP contribution in [0.2, 0.25) is 0 Å². The predicted octanol–water partition coefficient (Wildman–Crippen LogP) is 4.88. The molecule has 6 rings (SSSR count). The van der Waals surface area contributed by atoms with Gasteiger partial charge in [0.2, 0.25) is 0 Å². The van der Waals surface area contributed by atoms with Crippen LogP contribution in [0, 0.1) is 0 Å². The molecule has 3 unspecified atom stereocenters. The summed E-state index contributed by atoms with van der Waals surface area (Å²) in [6, 6.07) is 6.50. The number of benzene rings is 2. The first-order valence-electron chi connectivity index (χ1n) is 17.1. The van der Waals surface area contributed by atoms with Gasteiger partial charge in [-0.1, -0.05) is 17.2 Å². The second-order valence-electron chi connectivity index (χ2n) is 12.5. The molecule has 0 saturated carbocycles. The van der Waals surface area contributed by atoms with Crippen LogP contribution in [0.5, 0.6) is 23.0 Å². The summed E-state index contributed by atoms with van der Waals surface area (Å²) in [7, 11) is 4.61. The maximum Gasteiger partial charge on any atom is 0.290 e. The van der Waals surface area contributed by atoms with Crippen molar-refractivity contribution in [2.45, 2.75) is 64.3 Å². The molecule has 4 heterocycles. The molecule has 0 bridgehead atoms. The zero-order valence-corrected chi connectivity index (χ0v) is 30.4. The van der Waals surface area contributed by atoms with Crippen molar-refractivity contribution in [2.75, 3.05) is 45.9 Å². The number of methoxy groups -OCH3 is 2. The number of carboxylic acid groups (broad SMARTS) is 1. The van der Waals surface area contributed by atoms with E-state index in [1.165, 1.54) is 7.05 Å². The van der Waals surface area contributed by atoms with Crippen molar-refractivity contribution in [3.63, 3.8) is 0 Å². The number of unbranched alkanes of at least 4 members (excludes halogenated alkanes) is 2. The predicted molar refractivity (Wildman–Crippen MR) is 198 cm³/mol. The molecular weight excluding hydrogens is 670 g/mol. The lowest BCUT2D eigenvalue weighted by Crippen LogP contribution is -2.48. The van der Waals surface area contributed by atoms with Gasteiger partial charge in [0.15, 0.2) is 23.0 Å². The highest BCUT2D eigenvalue weighted by Crippen LogP contribution is 2.42. The summed E-state index contributed by atoms with van der Waals surface area (Å²) in [5.41, 5.74) is 8.77. The van der Waals surface area contributed by atoms with E-state index < -0.39 is 6.23 Å². The highest BCUT2D eigenvalue weighted by molar-refractivity contribution is 6.04. The van der Waals surface area contributed by atoms with Gasteiger partial charge in [0.25, 0.3) is 18.3 Å². The standard InChI is InChI=1S/C36H42N4O7.CH5N.CH2O2/c1-6-10-38-28-18-33(31(45-5)16-26(28)35(42)40-21-23(3)14-29(40)36(38)43)47-12-9-7-8-11-46-32-17-27-25(15-30(32)44-4)34(41)39-20-22(2)13-24(39)19-37-27;1-2;2-1-3/h6,15-21,24,29,36,43H,1,7-14H2,2-5H3;2H2,1H3;1H,(H,2,3). The van der Waals surface area contributed by atoms with Crippen LogP contribution in [0.15, 0.2) is 65.5 Å². The molecule has 3 atom stereocenters. The van der Waals surface area contributed by atoms with Crippen LogP contribution in [-0.2, 0) is 4.79 Å². The summed E-state index contributed by atoms with van der Waals surface area (Å²) in [6.07, 6.45) is 10.1. The summed E-state index contributed by atoms with van der Waals surface area (Å²) in [5, 5.41) is 18.2. The molecule has 0 saturated heterocycles. The van der Waals surface area contributed by atoms with Gasteiger partial charge in [-0.2, -0.15) is 0 Å². The van der Waals surface area contributed by atoms with Crippen LogP contribution in [-0.4, -0.2) is 104 Å². The minimum Gasteiger partial charge on any atom is -0.493 e. The number of hydrogen-bond donors (Lipinski definition) is 3. The number of ether oxygens (including phenoxy) is 4. The molecule has 2 aromatic rings. The molecule has 52 heavy (non-hydrogen) atoms. The first-order chi connectivity index (χ1) is 25.1. The van der Waals surface area contributed by atoms with E-state index in [4.69, 9.17) is 28.8 Å². The Labute approximate surface area is 304 Å². The molecule has 14 nitrogen and oxygen atoms in total. The van der Waals surface area contributed by atoms with Crippen molar-refractivity contribution < 1.29 is 43.5 Å². The van der Waals surface area contributed by atoms with Gasteiger partial charge in [0.1, 0.15) is 6.23 Å². The Hall–Kier alpha value is -5.34. The Morgan fingerprint density at radius 3 is 2.04 bits per heavy atom. The van der Waals surface area contributed by atoms with Gasteiger partial charge in [-0.25, -0.2) is 0 Å². The third kappa shape index (κ3) is 8.40. The topological polar surface area (TPSA) is 177 Å². The van der Waals surface area contributed by atoms with Crippen molar-refractivity contribution in [3.8, 4) is 23.0 Å². The third-order valence-corrected chi connectivity index (χ3v) is 8.98. The number of aliphatic hydroxyl groups is 1. The van der Waals surface area contributed by atoms with Crippen molar-refractivity contribution >= 4 is 35.9 Å². The molecule has 14 heteroatoms. The zero-order chi connectivity index (χ0) is 37.9. The second kappa shape index (κ2) is 18.2. The van der Waals surface area contributed by atoms with E-state index in [2.05, 4.69) is 17.3 Å². The Morgan fingerprint density at radius 2 is 1.42 bits per heavy atom. The lowest BCUT2D eigenvalue weighted by Gasteiger charge is -2.33. The van der Waals surface area contributed by atoms with Crippen LogP contribution >= 0.6 is 0 Å². The first-order valence-corrected chi connectivity index (χ1v) is 17.1. The monoisotopic (exact) mass is 719 g/mol. The van der Waals surface area contributed by atoms with Gasteiger partial charge in [-0.05, 0) is 65.1 Å². The summed E-state index contributed by atoms with van der Waals surface area (Å²) >= 11 is 0. The number of aliphatic hydroxyl groups excluding tert-OH is 1. The molecule has 4 aliphatic heterocycles. The fraction of sp³-hybridized carbons (Fsp3) is 0.421. The number of rotatable bonds is 12. The molecule has 0 aromatic heterocycles. The van der Waals surface area contributed by atoms with Crippen LogP contribution in [0.3, 0.4) is 0 Å². The number of carbonyl (C=O) groups is 3. The van der Waals surface area contributed by atoms with Gasteiger partial charge in [-0.15, -0.1) is 6.58 Å².